The summed E-state index contributed by atoms with van der Waals surface area (Å²) in [6.45, 7) is 2.56. The number of nitrogens with zero attached hydrogens (tertiary/aromatic N) is 3. The van der Waals surface area contributed by atoms with E-state index in [2.05, 4.69) is 21.6 Å². The third-order valence-corrected chi connectivity index (χ3v) is 6.01. The molecule has 1 N–H and O–H groups in total. The summed E-state index contributed by atoms with van der Waals surface area (Å²) in [5.74, 6) is 1.07. The number of rotatable bonds is 6. The molecule has 27 heavy (non-hydrogen) atoms. The Morgan fingerprint density at radius 1 is 1.30 bits per heavy atom. The van der Waals surface area contributed by atoms with Crippen LogP contribution in [0.3, 0.4) is 0 Å². The molecular weight excluding hydrogens is 380 g/mol. The lowest BCUT2D eigenvalue weighted by Gasteiger charge is -2.08. The van der Waals surface area contributed by atoms with E-state index in [9.17, 15) is 4.79 Å². The van der Waals surface area contributed by atoms with Crippen LogP contribution in [0.5, 0.6) is 5.75 Å². The van der Waals surface area contributed by atoms with Gasteiger partial charge in [0.15, 0.2) is 10.8 Å². The summed E-state index contributed by atoms with van der Waals surface area (Å²) in [4.78, 5) is 13.3. The minimum Gasteiger partial charge on any atom is -0.497 e. The number of hydrogen-bond donors (Lipinski definition) is 1. The number of aromatic nitrogens is 3. The van der Waals surface area contributed by atoms with Gasteiger partial charge in [-0.25, -0.2) is 0 Å². The van der Waals surface area contributed by atoms with Crippen LogP contribution in [0.1, 0.15) is 10.4 Å². The maximum absolute atomic E-state index is 12.2. The van der Waals surface area contributed by atoms with Crippen molar-refractivity contribution in [3.63, 3.8) is 0 Å². The molecule has 0 bridgehead atoms. The average Bonchev–Trinajstić information content (AvgIpc) is 3.34. The Bertz CT molecular complexity index is 1110. The first kappa shape index (κ1) is 17.8. The van der Waals surface area contributed by atoms with E-state index in [0.717, 1.165) is 32.7 Å². The van der Waals surface area contributed by atoms with Gasteiger partial charge >= 0.3 is 0 Å². The number of pyridine rings is 1. The molecule has 8 heteroatoms. The lowest BCUT2D eigenvalue weighted by Crippen LogP contribution is -2.24. The van der Waals surface area contributed by atoms with Gasteiger partial charge in [-0.05, 0) is 48.2 Å². The summed E-state index contributed by atoms with van der Waals surface area (Å²) < 4.78 is 7.33. The van der Waals surface area contributed by atoms with E-state index in [4.69, 9.17) is 4.74 Å². The second-order valence-corrected chi connectivity index (χ2v) is 8.01. The van der Waals surface area contributed by atoms with Gasteiger partial charge in [0.05, 0.1) is 24.9 Å². The summed E-state index contributed by atoms with van der Waals surface area (Å²) in [5, 5.41) is 15.3. The summed E-state index contributed by atoms with van der Waals surface area (Å²) in [6.07, 6.45) is 0. The van der Waals surface area contributed by atoms with Gasteiger partial charge in [-0.3, -0.25) is 9.20 Å². The molecule has 4 aromatic rings. The number of nitrogens with one attached hydrogen (secondary N) is 1. The minimum absolute atomic E-state index is 0.0243. The predicted molar refractivity (Wildman–Crippen MR) is 109 cm³/mol. The fraction of sp³-hybridized carbons (Fsp3) is 0.211. The summed E-state index contributed by atoms with van der Waals surface area (Å²) in [7, 11) is 1.65. The number of amides is 1. The molecule has 6 nitrogen and oxygen atoms in total. The third kappa shape index (κ3) is 3.63. The second kappa shape index (κ2) is 7.58. The molecule has 0 unspecified atom stereocenters. The van der Waals surface area contributed by atoms with Gasteiger partial charge in [0.2, 0.25) is 5.91 Å². The Balaban J connectivity index is 1.57. The first-order valence-corrected chi connectivity index (χ1v) is 10.3. The molecule has 0 atom stereocenters. The smallest absolute Gasteiger partial charge is 0.230 e. The highest BCUT2D eigenvalue weighted by Crippen LogP contribution is 2.28. The van der Waals surface area contributed by atoms with Gasteiger partial charge in [0, 0.05) is 10.3 Å². The molecule has 3 heterocycles. The molecule has 0 aliphatic rings. The van der Waals surface area contributed by atoms with Crippen molar-refractivity contribution in [3.8, 4) is 5.75 Å². The van der Waals surface area contributed by atoms with Gasteiger partial charge in [0.1, 0.15) is 5.75 Å². The maximum atomic E-state index is 12.2. The van der Waals surface area contributed by atoms with E-state index in [-0.39, 0.29) is 11.7 Å². The van der Waals surface area contributed by atoms with Crippen LogP contribution in [0.4, 0.5) is 0 Å². The van der Waals surface area contributed by atoms with Gasteiger partial charge in [-0.15, -0.1) is 21.5 Å². The van der Waals surface area contributed by atoms with Crippen LogP contribution < -0.4 is 10.1 Å². The van der Waals surface area contributed by atoms with Crippen molar-refractivity contribution >= 4 is 45.6 Å². The number of fused-ring (bicyclic) bond motifs is 3. The number of thiophene rings is 1. The number of benzene rings is 1. The van der Waals surface area contributed by atoms with E-state index in [1.165, 1.54) is 11.8 Å². The molecule has 0 aliphatic carbocycles. The Labute approximate surface area is 164 Å². The van der Waals surface area contributed by atoms with Crippen molar-refractivity contribution in [1.29, 1.82) is 0 Å². The van der Waals surface area contributed by atoms with E-state index in [1.54, 1.807) is 18.4 Å². The molecule has 4 rings (SSSR count). The zero-order valence-electron chi connectivity index (χ0n) is 14.9. The minimum atomic E-state index is -0.0243. The summed E-state index contributed by atoms with van der Waals surface area (Å²) >= 11 is 3.02. The summed E-state index contributed by atoms with van der Waals surface area (Å²) in [5.41, 5.74) is 2.81. The van der Waals surface area contributed by atoms with Crippen LogP contribution in [0.25, 0.3) is 16.6 Å². The van der Waals surface area contributed by atoms with Crippen molar-refractivity contribution in [2.75, 3.05) is 12.9 Å². The van der Waals surface area contributed by atoms with Crippen molar-refractivity contribution in [3.05, 3.63) is 52.2 Å². The molecule has 0 saturated carbocycles. The number of aryl methyl sites for hydroxylation is 1. The number of ether oxygens (including phenoxy) is 1. The van der Waals surface area contributed by atoms with Gasteiger partial charge in [-0.1, -0.05) is 17.8 Å². The lowest BCUT2D eigenvalue weighted by atomic mass is 10.1. The Hall–Kier alpha value is -2.58. The highest BCUT2D eigenvalue weighted by atomic mass is 32.2. The monoisotopic (exact) mass is 398 g/mol. The fourth-order valence-corrected chi connectivity index (χ4v) is 4.31. The molecule has 0 fully saturated rings. The van der Waals surface area contributed by atoms with Crippen LogP contribution in [0.15, 0.2) is 46.9 Å². The normalized spacial score (nSPS) is 11.2. The van der Waals surface area contributed by atoms with Crippen molar-refractivity contribution in [2.24, 2.45) is 0 Å². The molecular formula is C19H18N4O2S2. The molecule has 0 radical (unpaired) electrons. The fourth-order valence-electron chi connectivity index (χ4n) is 2.89. The average molecular weight is 399 g/mol. The van der Waals surface area contributed by atoms with E-state index >= 15 is 0 Å². The second-order valence-electron chi connectivity index (χ2n) is 6.04. The number of methoxy groups -OCH3 is 1. The number of thioether (sulfide) groups is 1. The number of hydrogen-bond acceptors (Lipinski definition) is 6. The zero-order valence-corrected chi connectivity index (χ0v) is 16.6. The lowest BCUT2D eigenvalue weighted by molar-refractivity contribution is -0.118. The molecule has 0 spiro atoms. The zero-order chi connectivity index (χ0) is 18.8. The largest absolute Gasteiger partial charge is 0.497 e. The van der Waals surface area contributed by atoms with E-state index < -0.39 is 0 Å². The van der Waals surface area contributed by atoms with E-state index in [0.29, 0.717) is 11.7 Å². The molecule has 3 aromatic heterocycles. The number of carbonyl (C=O) groups is 1. The van der Waals surface area contributed by atoms with E-state index in [1.807, 2.05) is 47.0 Å². The SMILES string of the molecule is COc1ccc2c(c1)cc(C)c1nnc(SCC(=O)NCc3cccs3)n12. The summed E-state index contributed by atoms with van der Waals surface area (Å²) in [6, 6.07) is 12.0. The first-order chi connectivity index (χ1) is 13.2. The van der Waals surface area contributed by atoms with Crippen molar-refractivity contribution < 1.29 is 9.53 Å². The molecule has 1 aromatic carbocycles. The van der Waals surface area contributed by atoms with Gasteiger partial charge in [-0.2, -0.15) is 0 Å². The number of carbonyl (C=O) groups excluding carboxylic acids is 1. The first-order valence-electron chi connectivity index (χ1n) is 8.40. The van der Waals surface area contributed by atoms with Crippen LogP contribution >= 0.6 is 23.1 Å². The van der Waals surface area contributed by atoms with Gasteiger partial charge < -0.3 is 10.1 Å². The van der Waals surface area contributed by atoms with Crippen molar-refractivity contribution in [1.82, 2.24) is 19.9 Å². The van der Waals surface area contributed by atoms with Crippen LogP contribution in [0, 0.1) is 6.92 Å². The molecule has 0 aliphatic heterocycles. The Kier molecular flexibility index (Phi) is 5.00. The Morgan fingerprint density at radius 3 is 2.96 bits per heavy atom. The standard InChI is InChI=1S/C19H18N4O2S2/c1-12-8-13-9-14(25-2)5-6-16(13)23-18(12)21-22-19(23)27-11-17(24)20-10-15-4-3-7-26-15/h3-9H,10-11H2,1-2H3,(H,20,24). The highest BCUT2D eigenvalue weighted by Gasteiger charge is 2.14. The quantitative estimate of drug-likeness (QED) is 0.502. The predicted octanol–water partition coefficient (Wildman–Crippen LogP) is 3.67. The van der Waals surface area contributed by atoms with Crippen LogP contribution in [0.2, 0.25) is 0 Å². The molecule has 1 amide bonds. The third-order valence-electron chi connectivity index (χ3n) is 4.21. The topological polar surface area (TPSA) is 68.5 Å². The van der Waals surface area contributed by atoms with Crippen molar-refractivity contribution in [2.45, 2.75) is 18.6 Å². The Morgan fingerprint density at radius 2 is 2.19 bits per heavy atom. The molecule has 0 saturated heterocycles. The van der Waals surface area contributed by atoms with Gasteiger partial charge in [0.25, 0.3) is 0 Å². The highest BCUT2D eigenvalue weighted by molar-refractivity contribution is 7.99. The van der Waals surface area contributed by atoms with Crippen LogP contribution in [-0.2, 0) is 11.3 Å². The van der Waals surface area contributed by atoms with Crippen LogP contribution in [-0.4, -0.2) is 33.4 Å². The molecule has 138 valence electrons. The maximum Gasteiger partial charge on any atom is 0.230 e.